The van der Waals surface area contributed by atoms with Crippen molar-refractivity contribution in [2.75, 3.05) is 49.7 Å². The van der Waals surface area contributed by atoms with Crippen LogP contribution in [0.25, 0.3) is 0 Å². The molecule has 0 fully saturated rings. The Balaban J connectivity index is 1.85. The van der Waals surface area contributed by atoms with Gasteiger partial charge in [0.15, 0.2) is 0 Å². The SMILES string of the molecule is CN(Cc1ccc(CSCCNC(=NCC(O)c2cccc(NS(C)(=O)=O)c2)NS(C)(=O)=O)o1)C(=O)OCC(Cl)(Cl)Cl. The van der Waals surface area contributed by atoms with E-state index in [0.29, 0.717) is 35.1 Å². The number of alkyl halides is 3. The van der Waals surface area contributed by atoms with Crippen molar-refractivity contribution in [3.8, 4) is 0 Å². The molecule has 19 heteroatoms. The number of hydrogen-bond acceptors (Lipinski definition) is 10. The van der Waals surface area contributed by atoms with E-state index >= 15 is 0 Å². The number of nitrogens with one attached hydrogen (secondary N) is 3. The number of amides is 1. The zero-order valence-electron chi connectivity index (χ0n) is 22.8. The Bertz CT molecular complexity index is 1430. The molecule has 2 rings (SSSR count). The van der Waals surface area contributed by atoms with Gasteiger partial charge in [-0.25, -0.2) is 26.6 Å². The summed E-state index contributed by atoms with van der Waals surface area (Å²) in [5.41, 5.74) is 0.670. The minimum absolute atomic E-state index is 0.0486. The van der Waals surface area contributed by atoms with Gasteiger partial charge >= 0.3 is 6.09 Å². The first-order valence-electron chi connectivity index (χ1n) is 12.0. The predicted molar refractivity (Wildman–Crippen MR) is 166 cm³/mol. The van der Waals surface area contributed by atoms with Gasteiger partial charge in [-0.15, -0.1) is 0 Å². The largest absolute Gasteiger partial charge is 0.463 e. The number of benzene rings is 1. The van der Waals surface area contributed by atoms with E-state index in [1.165, 1.54) is 35.8 Å². The number of aliphatic imine (C=N–C) groups is 1. The Labute approximate surface area is 264 Å². The Morgan fingerprint density at radius 1 is 1.14 bits per heavy atom. The highest BCUT2D eigenvalue weighted by molar-refractivity contribution is 7.98. The molecule has 2 aromatic rings. The normalized spacial score (nSPS) is 13.4. The molecule has 0 bridgehead atoms. The number of carbonyl (C=O) groups is 1. The molecule has 0 saturated carbocycles. The molecule has 0 spiro atoms. The number of aliphatic hydroxyl groups is 1. The Morgan fingerprint density at radius 3 is 2.48 bits per heavy atom. The fourth-order valence-electron chi connectivity index (χ4n) is 3.16. The first-order valence-corrected chi connectivity index (χ1v) is 18.1. The van der Waals surface area contributed by atoms with Crippen LogP contribution in [0.3, 0.4) is 0 Å². The van der Waals surface area contributed by atoms with E-state index in [1.54, 1.807) is 24.3 Å². The third kappa shape index (κ3) is 15.4. The lowest BCUT2D eigenvalue weighted by molar-refractivity contribution is 0.108. The van der Waals surface area contributed by atoms with E-state index in [9.17, 15) is 26.7 Å². The number of thioether (sulfide) groups is 1. The van der Waals surface area contributed by atoms with Crippen molar-refractivity contribution in [1.82, 2.24) is 14.9 Å². The Morgan fingerprint density at radius 2 is 1.83 bits per heavy atom. The molecule has 1 amide bonds. The third-order valence-corrected chi connectivity index (χ3v) is 7.32. The fourth-order valence-corrected chi connectivity index (χ4v) is 5.11. The van der Waals surface area contributed by atoms with E-state index in [-0.39, 0.29) is 31.3 Å². The summed E-state index contributed by atoms with van der Waals surface area (Å²) in [5.74, 6) is 2.20. The zero-order chi connectivity index (χ0) is 31.6. The van der Waals surface area contributed by atoms with E-state index in [2.05, 4.69) is 19.8 Å². The molecule has 1 atom stereocenters. The van der Waals surface area contributed by atoms with Crippen LogP contribution in [0.15, 0.2) is 45.8 Å². The average Bonchev–Trinajstić information content (AvgIpc) is 3.30. The number of hydrogen-bond donors (Lipinski definition) is 4. The van der Waals surface area contributed by atoms with Gasteiger partial charge in [-0.3, -0.25) is 9.44 Å². The van der Waals surface area contributed by atoms with Gasteiger partial charge in [-0.05, 0) is 29.8 Å². The summed E-state index contributed by atoms with van der Waals surface area (Å²) in [6, 6.07) is 9.67. The number of aliphatic hydroxyl groups excluding tert-OH is 1. The summed E-state index contributed by atoms with van der Waals surface area (Å²) in [5, 5.41) is 13.4. The first-order chi connectivity index (χ1) is 19.4. The Kier molecular flexibility index (Phi) is 13.9. The van der Waals surface area contributed by atoms with Crippen molar-refractivity contribution in [2.45, 2.75) is 22.2 Å². The van der Waals surface area contributed by atoms with Crippen LogP contribution in [0.1, 0.15) is 23.2 Å². The van der Waals surface area contributed by atoms with Crippen LogP contribution >= 0.6 is 46.6 Å². The van der Waals surface area contributed by atoms with Gasteiger partial charge in [0.1, 0.15) is 18.1 Å². The van der Waals surface area contributed by atoms with Crippen LogP contribution in [0.4, 0.5) is 10.5 Å². The number of rotatable bonds is 14. The first kappa shape index (κ1) is 36.1. The molecule has 0 aliphatic carbocycles. The van der Waals surface area contributed by atoms with Gasteiger partial charge in [-0.1, -0.05) is 46.9 Å². The van der Waals surface area contributed by atoms with Crippen LogP contribution in [-0.4, -0.2) is 87.7 Å². The maximum Gasteiger partial charge on any atom is 0.410 e. The van der Waals surface area contributed by atoms with Gasteiger partial charge in [0.25, 0.3) is 0 Å². The minimum Gasteiger partial charge on any atom is -0.463 e. The summed E-state index contributed by atoms with van der Waals surface area (Å²) in [6.45, 7) is -0.101. The molecule has 0 aliphatic heterocycles. The topological polar surface area (TPSA) is 180 Å². The number of ether oxygens (including phenoxy) is 1. The highest BCUT2D eigenvalue weighted by atomic mass is 35.6. The van der Waals surface area contributed by atoms with Crippen LogP contribution in [0.5, 0.6) is 0 Å². The lowest BCUT2D eigenvalue weighted by atomic mass is 10.1. The molecule has 0 aliphatic rings. The number of sulfonamides is 2. The number of anilines is 1. The molecule has 1 heterocycles. The van der Waals surface area contributed by atoms with E-state index in [4.69, 9.17) is 44.0 Å². The predicted octanol–water partition coefficient (Wildman–Crippen LogP) is 3.05. The summed E-state index contributed by atoms with van der Waals surface area (Å²) in [6.07, 6.45) is 0.187. The Hall–Kier alpha value is -2.08. The van der Waals surface area contributed by atoms with E-state index in [0.717, 1.165) is 12.5 Å². The molecule has 1 aromatic heterocycles. The number of carbonyl (C=O) groups excluding carboxylic acids is 1. The average molecular weight is 709 g/mol. The lowest BCUT2D eigenvalue weighted by Crippen LogP contribution is -2.41. The monoisotopic (exact) mass is 707 g/mol. The molecule has 4 N–H and O–H groups in total. The molecule has 0 saturated heterocycles. The molecule has 1 unspecified atom stereocenters. The lowest BCUT2D eigenvalue weighted by Gasteiger charge is -2.17. The highest BCUT2D eigenvalue weighted by Gasteiger charge is 2.23. The van der Waals surface area contributed by atoms with Gasteiger partial charge < -0.3 is 24.5 Å². The smallest absolute Gasteiger partial charge is 0.410 e. The van der Waals surface area contributed by atoms with Gasteiger partial charge in [0.2, 0.25) is 29.8 Å². The van der Waals surface area contributed by atoms with Gasteiger partial charge in [0.05, 0.1) is 37.5 Å². The summed E-state index contributed by atoms with van der Waals surface area (Å²) in [4.78, 5) is 17.4. The van der Waals surface area contributed by atoms with Crippen molar-refractivity contribution in [3.63, 3.8) is 0 Å². The standard InChI is InChI=1S/C23H32Cl3N5O8S3/c1-31(22(33)38-15-23(24,25)26)13-18-7-8-19(39-18)14-40-10-9-27-21(30-42(3,36)37)28-12-20(32)16-5-4-6-17(11-16)29-41(2,34)35/h4-8,11,20,29,32H,9-10,12-15H2,1-3H3,(H2,27,28,30). The number of guanidine groups is 1. The second-order valence-electron chi connectivity index (χ2n) is 8.95. The van der Waals surface area contributed by atoms with Crippen molar-refractivity contribution in [2.24, 2.45) is 4.99 Å². The van der Waals surface area contributed by atoms with Gasteiger partial charge in [-0.2, -0.15) is 11.8 Å². The quantitative estimate of drug-likeness (QED) is 0.0987. The minimum atomic E-state index is -3.65. The fraction of sp³-hybridized carbons (Fsp3) is 0.478. The molecule has 0 radical (unpaired) electrons. The van der Waals surface area contributed by atoms with Crippen LogP contribution in [0.2, 0.25) is 0 Å². The van der Waals surface area contributed by atoms with Crippen LogP contribution in [-0.2, 0) is 37.1 Å². The van der Waals surface area contributed by atoms with Crippen molar-refractivity contribution in [3.05, 3.63) is 53.5 Å². The molecule has 1 aromatic carbocycles. The molecule has 42 heavy (non-hydrogen) atoms. The third-order valence-electron chi connectivity index (χ3n) is 4.84. The summed E-state index contributed by atoms with van der Waals surface area (Å²) >= 11 is 18.2. The van der Waals surface area contributed by atoms with Crippen LogP contribution in [0, 0.1) is 0 Å². The summed E-state index contributed by atoms with van der Waals surface area (Å²) in [7, 11) is -5.64. The number of furan rings is 1. The van der Waals surface area contributed by atoms with Crippen molar-refractivity contribution >= 4 is 84.4 Å². The second-order valence-corrected chi connectivity index (χ2v) is 16.1. The van der Waals surface area contributed by atoms with E-state index < -0.39 is 36.0 Å². The molecular formula is C23H32Cl3N5O8S3. The van der Waals surface area contributed by atoms with Gasteiger partial charge in [0, 0.05) is 25.0 Å². The van der Waals surface area contributed by atoms with Crippen LogP contribution < -0.4 is 14.8 Å². The highest BCUT2D eigenvalue weighted by Crippen LogP contribution is 2.26. The maximum atomic E-state index is 12.0. The molecule has 236 valence electrons. The van der Waals surface area contributed by atoms with Crippen molar-refractivity contribution in [1.29, 1.82) is 0 Å². The maximum absolute atomic E-state index is 12.0. The van der Waals surface area contributed by atoms with E-state index in [1.807, 2.05) is 0 Å². The summed E-state index contributed by atoms with van der Waals surface area (Å²) < 4.78 is 60.0. The van der Waals surface area contributed by atoms with Crippen molar-refractivity contribution < 1.29 is 35.9 Å². The molecule has 13 nitrogen and oxygen atoms in total. The number of halogens is 3. The zero-order valence-corrected chi connectivity index (χ0v) is 27.6. The second kappa shape index (κ2) is 16.1. The molecular weight excluding hydrogens is 677 g/mol. The number of nitrogens with zero attached hydrogens (tertiary/aromatic N) is 2.